The SMILES string of the molecule is COc1cc2c(NC(=O)Cc3cccc(Cl)c3)cncc2cc1F. The normalized spacial score (nSPS) is 10.6. The Hall–Kier alpha value is -2.66. The third-order valence-electron chi connectivity index (χ3n) is 3.56. The van der Waals surface area contributed by atoms with Crippen molar-refractivity contribution < 1.29 is 13.9 Å². The first kappa shape index (κ1) is 16.2. The molecule has 6 heteroatoms. The Bertz CT molecular complexity index is 915. The molecule has 0 bridgehead atoms. The lowest BCUT2D eigenvalue weighted by molar-refractivity contribution is -0.115. The monoisotopic (exact) mass is 344 g/mol. The van der Waals surface area contributed by atoms with Crippen LogP contribution >= 0.6 is 11.6 Å². The summed E-state index contributed by atoms with van der Waals surface area (Å²) in [5, 5.41) is 4.61. The highest BCUT2D eigenvalue weighted by Gasteiger charge is 2.11. The van der Waals surface area contributed by atoms with E-state index >= 15 is 0 Å². The smallest absolute Gasteiger partial charge is 0.228 e. The molecule has 0 atom stereocenters. The summed E-state index contributed by atoms with van der Waals surface area (Å²) in [6, 6.07) is 9.97. The van der Waals surface area contributed by atoms with Gasteiger partial charge in [-0.15, -0.1) is 0 Å². The molecule has 3 aromatic rings. The van der Waals surface area contributed by atoms with E-state index in [0.29, 0.717) is 21.5 Å². The maximum Gasteiger partial charge on any atom is 0.228 e. The van der Waals surface area contributed by atoms with Crippen LogP contribution in [0.2, 0.25) is 5.02 Å². The number of nitrogens with zero attached hydrogens (tertiary/aromatic N) is 1. The van der Waals surface area contributed by atoms with Crippen molar-refractivity contribution >= 4 is 34.0 Å². The summed E-state index contributed by atoms with van der Waals surface area (Å²) in [5.74, 6) is -0.580. The number of carbonyl (C=O) groups excluding carboxylic acids is 1. The van der Waals surface area contributed by atoms with Crippen LogP contribution in [0.3, 0.4) is 0 Å². The quantitative estimate of drug-likeness (QED) is 0.771. The van der Waals surface area contributed by atoms with Gasteiger partial charge < -0.3 is 10.1 Å². The maximum atomic E-state index is 13.8. The van der Waals surface area contributed by atoms with Crippen LogP contribution in [0, 0.1) is 5.82 Å². The largest absolute Gasteiger partial charge is 0.494 e. The van der Waals surface area contributed by atoms with Crippen LogP contribution in [0.25, 0.3) is 10.8 Å². The van der Waals surface area contributed by atoms with Gasteiger partial charge >= 0.3 is 0 Å². The second-order valence-corrected chi connectivity index (χ2v) is 5.69. The van der Waals surface area contributed by atoms with Crippen molar-refractivity contribution in [2.24, 2.45) is 0 Å². The van der Waals surface area contributed by atoms with Gasteiger partial charge in [-0.2, -0.15) is 0 Å². The van der Waals surface area contributed by atoms with Crippen LogP contribution < -0.4 is 10.1 Å². The van der Waals surface area contributed by atoms with E-state index in [4.69, 9.17) is 16.3 Å². The van der Waals surface area contributed by atoms with Crippen molar-refractivity contribution in [2.45, 2.75) is 6.42 Å². The zero-order valence-corrected chi connectivity index (χ0v) is 13.6. The van der Waals surface area contributed by atoms with Crippen LogP contribution in [0.1, 0.15) is 5.56 Å². The predicted octanol–water partition coefficient (Wildman–Crippen LogP) is 4.22. The molecule has 0 radical (unpaired) electrons. The molecule has 0 saturated carbocycles. The predicted molar refractivity (Wildman–Crippen MR) is 92.0 cm³/mol. The highest BCUT2D eigenvalue weighted by atomic mass is 35.5. The molecule has 0 spiro atoms. The summed E-state index contributed by atoms with van der Waals surface area (Å²) < 4.78 is 18.8. The summed E-state index contributed by atoms with van der Waals surface area (Å²) in [7, 11) is 1.39. The molecule has 0 aliphatic carbocycles. The highest BCUT2D eigenvalue weighted by Crippen LogP contribution is 2.29. The van der Waals surface area contributed by atoms with E-state index in [1.165, 1.54) is 25.6 Å². The zero-order valence-electron chi connectivity index (χ0n) is 12.8. The standard InChI is InChI=1S/C18H14ClFN2O2/c1-24-17-8-14-12(7-15(17)20)9-21-10-16(14)22-18(23)6-11-3-2-4-13(19)5-11/h2-5,7-10H,6H2,1H3,(H,22,23). The Morgan fingerprint density at radius 1 is 1.29 bits per heavy atom. The maximum absolute atomic E-state index is 13.8. The minimum absolute atomic E-state index is 0.110. The molecule has 1 heterocycles. The molecule has 0 aliphatic heterocycles. The lowest BCUT2D eigenvalue weighted by Crippen LogP contribution is -2.14. The molecule has 1 N–H and O–H groups in total. The van der Waals surface area contributed by atoms with E-state index in [2.05, 4.69) is 10.3 Å². The van der Waals surface area contributed by atoms with Crippen molar-refractivity contribution in [1.82, 2.24) is 4.98 Å². The van der Waals surface area contributed by atoms with E-state index in [1.54, 1.807) is 24.3 Å². The lowest BCUT2D eigenvalue weighted by atomic mass is 10.1. The Morgan fingerprint density at radius 2 is 2.12 bits per heavy atom. The number of fused-ring (bicyclic) bond motifs is 1. The number of anilines is 1. The number of hydrogen-bond acceptors (Lipinski definition) is 3. The number of aromatic nitrogens is 1. The van der Waals surface area contributed by atoms with Crippen molar-refractivity contribution in [3.63, 3.8) is 0 Å². The summed E-state index contributed by atoms with van der Waals surface area (Å²) in [6.07, 6.45) is 3.23. The molecule has 1 amide bonds. The van der Waals surface area contributed by atoms with Crippen LogP contribution in [0.5, 0.6) is 5.75 Å². The molecule has 4 nitrogen and oxygen atoms in total. The van der Waals surface area contributed by atoms with Crippen molar-refractivity contribution in [1.29, 1.82) is 0 Å². The zero-order chi connectivity index (χ0) is 17.1. The molecule has 1 aromatic heterocycles. The Kier molecular flexibility index (Phi) is 4.62. The number of methoxy groups -OCH3 is 1. The van der Waals surface area contributed by atoms with E-state index in [1.807, 2.05) is 6.07 Å². The number of benzene rings is 2. The summed E-state index contributed by atoms with van der Waals surface area (Å²) in [4.78, 5) is 16.3. The number of hydrogen-bond donors (Lipinski definition) is 1. The Balaban J connectivity index is 1.88. The fraction of sp³-hybridized carbons (Fsp3) is 0.111. The molecule has 0 aliphatic rings. The molecule has 0 saturated heterocycles. The van der Waals surface area contributed by atoms with Crippen LogP contribution in [-0.2, 0) is 11.2 Å². The average Bonchev–Trinajstić information content (AvgIpc) is 2.54. The third-order valence-corrected chi connectivity index (χ3v) is 3.79. The van der Waals surface area contributed by atoms with Crippen LogP contribution in [0.15, 0.2) is 48.8 Å². The number of halogens is 2. The van der Waals surface area contributed by atoms with E-state index < -0.39 is 5.82 Å². The average molecular weight is 345 g/mol. The minimum Gasteiger partial charge on any atom is -0.494 e. The van der Waals surface area contributed by atoms with Gasteiger partial charge in [0.2, 0.25) is 5.91 Å². The van der Waals surface area contributed by atoms with E-state index in [-0.39, 0.29) is 18.1 Å². The molecule has 24 heavy (non-hydrogen) atoms. The third kappa shape index (κ3) is 3.46. The molecule has 2 aromatic carbocycles. The molecule has 3 rings (SSSR count). The van der Waals surface area contributed by atoms with Crippen LogP contribution in [-0.4, -0.2) is 18.0 Å². The minimum atomic E-state index is -0.478. The van der Waals surface area contributed by atoms with Gasteiger partial charge in [-0.1, -0.05) is 23.7 Å². The number of rotatable bonds is 4. The molecule has 0 unspecified atom stereocenters. The number of amides is 1. The first-order valence-electron chi connectivity index (χ1n) is 7.22. The fourth-order valence-electron chi connectivity index (χ4n) is 2.45. The molecule has 0 fully saturated rings. The topological polar surface area (TPSA) is 51.2 Å². The fourth-order valence-corrected chi connectivity index (χ4v) is 2.67. The highest BCUT2D eigenvalue weighted by molar-refractivity contribution is 6.30. The number of nitrogens with one attached hydrogen (secondary N) is 1. The molecular formula is C18H14ClFN2O2. The van der Waals surface area contributed by atoms with Gasteiger partial charge in [0, 0.05) is 22.0 Å². The van der Waals surface area contributed by atoms with Gasteiger partial charge in [-0.05, 0) is 29.8 Å². The Morgan fingerprint density at radius 3 is 2.88 bits per heavy atom. The van der Waals surface area contributed by atoms with Gasteiger partial charge in [0.15, 0.2) is 11.6 Å². The second kappa shape index (κ2) is 6.84. The molecule has 122 valence electrons. The van der Waals surface area contributed by atoms with Gasteiger partial charge in [-0.25, -0.2) is 4.39 Å². The first-order chi connectivity index (χ1) is 11.6. The van der Waals surface area contributed by atoms with Gasteiger partial charge in [0.1, 0.15) is 0 Å². The summed E-state index contributed by atoms with van der Waals surface area (Å²) >= 11 is 5.92. The second-order valence-electron chi connectivity index (χ2n) is 5.25. The number of carbonyl (C=O) groups is 1. The number of pyridine rings is 1. The summed E-state index contributed by atoms with van der Waals surface area (Å²) in [5.41, 5.74) is 1.30. The summed E-state index contributed by atoms with van der Waals surface area (Å²) in [6.45, 7) is 0. The molecular weight excluding hydrogens is 331 g/mol. The van der Waals surface area contributed by atoms with Gasteiger partial charge in [-0.3, -0.25) is 9.78 Å². The van der Waals surface area contributed by atoms with E-state index in [9.17, 15) is 9.18 Å². The number of ether oxygens (including phenoxy) is 1. The van der Waals surface area contributed by atoms with Gasteiger partial charge in [0.25, 0.3) is 0 Å². The van der Waals surface area contributed by atoms with Crippen molar-refractivity contribution in [3.8, 4) is 5.75 Å². The van der Waals surface area contributed by atoms with E-state index in [0.717, 1.165) is 5.56 Å². The van der Waals surface area contributed by atoms with Crippen molar-refractivity contribution in [3.05, 3.63) is 65.2 Å². The van der Waals surface area contributed by atoms with Gasteiger partial charge in [0.05, 0.1) is 25.4 Å². The lowest BCUT2D eigenvalue weighted by Gasteiger charge is -2.10. The first-order valence-corrected chi connectivity index (χ1v) is 7.60. The van der Waals surface area contributed by atoms with Crippen LogP contribution in [0.4, 0.5) is 10.1 Å². The van der Waals surface area contributed by atoms with Crippen molar-refractivity contribution in [2.75, 3.05) is 12.4 Å². The Labute approximate surface area is 143 Å².